The molecule has 0 aliphatic carbocycles. The van der Waals surface area contributed by atoms with Crippen molar-refractivity contribution >= 4 is 0 Å². The first kappa shape index (κ1) is 13.2. The highest BCUT2D eigenvalue weighted by Gasteiger charge is 2.22. The number of rotatable bonds is 4. The Labute approximate surface area is 108 Å². The van der Waals surface area contributed by atoms with E-state index in [4.69, 9.17) is 9.47 Å². The van der Waals surface area contributed by atoms with E-state index in [-0.39, 0.29) is 6.10 Å². The molecule has 2 atom stereocenters. The molecule has 1 aliphatic rings. The molecule has 0 bridgehead atoms. The predicted molar refractivity (Wildman–Crippen MR) is 70.2 cm³/mol. The van der Waals surface area contributed by atoms with Crippen LogP contribution in [-0.4, -0.2) is 43.4 Å². The van der Waals surface area contributed by atoms with Gasteiger partial charge in [-0.05, 0) is 38.1 Å². The van der Waals surface area contributed by atoms with Crippen LogP contribution in [0.3, 0.4) is 0 Å². The van der Waals surface area contributed by atoms with Crippen molar-refractivity contribution in [2.45, 2.75) is 25.6 Å². The molecule has 1 aliphatic heterocycles. The number of hydrogen-bond donors (Lipinski definition) is 1. The van der Waals surface area contributed by atoms with Crippen LogP contribution in [0.15, 0.2) is 18.2 Å². The second-order valence-electron chi connectivity index (χ2n) is 4.88. The van der Waals surface area contributed by atoms with Gasteiger partial charge in [-0.25, -0.2) is 0 Å². The standard InChI is InChI=1S/C14H21NO3/c1-10(16)11-4-5-13(14(8-11)17-3)18-12-6-7-15(2)9-12/h4-5,8,10,12,16H,6-7,9H2,1-3H3. The number of nitrogens with zero attached hydrogens (tertiary/aromatic N) is 1. The van der Waals surface area contributed by atoms with Gasteiger partial charge in [0.2, 0.25) is 0 Å². The Hall–Kier alpha value is -1.26. The molecule has 100 valence electrons. The number of benzene rings is 1. The van der Waals surface area contributed by atoms with Crippen LogP contribution >= 0.6 is 0 Å². The van der Waals surface area contributed by atoms with E-state index >= 15 is 0 Å². The molecule has 0 spiro atoms. The van der Waals surface area contributed by atoms with E-state index in [1.165, 1.54) is 0 Å². The Morgan fingerprint density at radius 1 is 1.39 bits per heavy atom. The van der Waals surface area contributed by atoms with Gasteiger partial charge in [-0.2, -0.15) is 0 Å². The zero-order chi connectivity index (χ0) is 13.1. The van der Waals surface area contributed by atoms with E-state index in [9.17, 15) is 5.11 Å². The van der Waals surface area contributed by atoms with Gasteiger partial charge < -0.3 is 19.5 Å². The van der Waals surface area contributed by atoms with Crippen molar-refractivity contribution in [1.82, 2.24) is 4.90 Å². The van der Waals surface area contributed by atoms with E-state index in [1.54, 1.807) is 14.0 Å². The van der Waals surface area contributed by atoms with Gasteiger partial charge >= 0.3 is 0 Å². The summed E-state index contributed by atoms with van der Waals surface area (Å²) in [6, 6.07) is 5.58. The summed E-state index contributed by atoms with van der Waals surface area (Å²) in [7, 11) is 3.71. The van der Waals surface area contributed by atoms with E-state index in [0.29, 0.717) is 5.75 Å². The first-order chi connectivity index (χ1) is 8.60. The lowest BCUT2D eigenvalue weighted by atomic mass is 10.1. The van der Waals surface area contributed by atoms with E-state index in [2.05, 4.69) is 11.9 Å². The minimum Gasteiger partial charge on any atom is -0.493 e. The minimum atomic E-state index is -0.495. The quantitative estimate of drug-likeness (QED) is 0.886. The molecule has 1 saturated heterocycles. The van der Waals surface area contributed by atoms with Gasteiger partial charge in [-0.15, -0.1) is 0 Å². The molecule has 4 nitrogen and oxygen atoms in total. The maximum Gasteiger partial charge on any atom is 0.161 e. The van der Waals surface area contributed by atoms with Crippen molar-refractivity contribution < 1.29 is 14.6 Å². The van der Waals surface area contributed by atoms with Crippen LogP contribution in [0.5, 0.6) is 11.5 Å². The molecule has 1 aromatic carbocycles. The zero-order valence-corrected chi connectivity index (χ0v) is 11.2. The molecule has 1 N–H and O–H groups in total. The lowest BCUT2D eigenvalue weighted by Crippen LogP contribution is -2.21. The summed E-state index contributed by atoms with van der Waals surface area (Å²) >= 11 is 0. The Morgan fingerprint density at radius 3 is 2.72 bits per heavy atom. The lowest BCUT2D eigenvalue weighted by molar-refractivity contribution is 0.193. The fraction of sp³-hybridized carbons (Fsp3) is 0.571. The molecule has 1 fully saturated rings. The summed E-state index contributed by atoms with van der Waals surface area (Å²) in [5.41, 5.74) is 0.836. The highest BCUT2D eigenvalue weighted by molar-refractivity contribution is 5.43. The molecular formula is C14H21NO3. The molecule has 0 aromatic heterocycles. The molecule has 18 heavy (non-hydrogen) atoms. The van der Waals surface area contributed by atoms with Gasteiger partial charge in [0.15, 0.2) is 11.5 Å². The smallest absolute Gasteiger partial charge is 0.161 e. The largest absolute Gasteiger partial charge is 0.493 e. The number of likely N-dealkylation sites (tertiary alicyclic amines) is 1. The molecule has 1 aromatic rings. The van der Waals surface area contributed by atoms with Gasteiger partial charge in [0.1, 0.15) is 6.10 Å². The monoisotopic (exact) mass is 251 g/mol. The molecule has 4 heteroatoms. The van der Waals surface area contributed by atoms with Crippen molar-refractivity contribution in [2.75, 3.05) is 27.2 Å². The fourth-order valence-electron chi connectivity index (χ4n) is 2.21. The third-order valence-corrected chi connectivity index (χ3v) is 3.31. The Kier molecular flexibility index (Phi) is 4.09. The molecule has 2 unspecified atom stereocenters. The summed E-state index contributed by atoms with van der Waals surface area (Å²) in [6.07, 6.45) is 0.768. The van der Waals surface area contributed by atoms with Crippen LogP contribution in [0.2, 0.25) is 0 Å². The van der Waals surface area contributed by atoms with Gasteiger partial charge in [-0.3, -0.25) is 0 Å². The summed E-state index contributed by atoms with van der Waals surface area (Å²) in [4.78, 5) is 2.25. The topological polar surface area (TPSA) is 41.9 Å². The zero-order valence-electron chi connectivity index (χ0n) is 11.2. The number of hydrogen-bond acceptors (Lipinski definition) is 4. The van der Waals surface area contributed by atoms with Crippen molar-refractivity contribution in [2.24, 2.45) is 0 Å². The Bertz CT molecular complexity index is 406. The van der Waals surface area contributed by atoms with Crippen LogP contribution in [-0.2, 0) is 0 Å². The van der Waals surface area contributed by atoms with Crippen LogP contribution in [0.1, 0.15) is 25.0 Å². The number of likely N-dealkylation sites (N-methyl/N-ethyl adjacent to an activating group) is 1. The highest BCUT2D eigenvalue weighted by Crippen LogP contribution is 2.32. The van der Waals surface area contributed by atoms with Crippen LogP contribution < -0.4 is 9.47 Å². The SMILES string of the molecule is COc1cc(C(C)O)ccc1OC1CCN(C)C1. The number of aliphatic hydroxyl groups is 1. The minimum absolute atomic E-state index is 0.223. The average Bonchev–Trinajstić information content (AvgIpc) is 2.75. The molecular weight excluding hydrogens is 230 g/mol. The second kappa shape index (κ2) is 5.59. The molecule has 0 radical (unpaired) electrons. The van der Waals surface area contributed by atoms with Crippen LogP contribution in [0, 0.1) is 0 Å². The number of methoxy groups -OCH3 is 1. The first-order valence-electron chi connectivity index (χ1n) is 6.31. The Morgan fingerprint density at radius 2 is 2.17 bits per heavy atom. The first-order valence-corrected chi connectivity index (χ1v) is 6.31. The molecule has 0 saturated carbocycles. The predicted octanol–water partition coefficient (Wildman–Crippen LogP) is 1.83. The summed E-state index contributed by atoms with van der Waals surface area (Å²) in [6.45, 7) is 3.75. The van der Waals surface area contributed by atoms with E-state index in [0.717, 1.165) is 30.8 Å². The molecule has 1 heterocycles. The van der Waals surface area contributed by atoms with Crippen LogP contribution in [0.4, 0.5) is 0 Å². The van der Waals surface area contributed by atoms with Crippen LogP contribution in [0.25, 0.3) is 0 Å². The van der Waals surface area contributed by atoms with Gasteiger partial charge in [0, 0.05) is 13.1 Å². The van der Waals surface area contributed by atoms with Gasteiger partial charge in [0.25, 0.3) is 0 Å². The third kappa shape index (κ3) is 2.94. The maximum absolute atomic E-state index is 9.55. The van der Waals surface area contributed by atoms with Gasteiger partial charge in [0.05, 0.1) is 13.2 Å². The molecule has 2 rings (SSSR count). The fourth-order valence-corrected chi connectivity index (χ4v) is 2.21. The Balaban J connectivity index is 2.12. The van der Waals surface area contributed by atoms with Gasteiger partial charge in [-0.1, -0.05) is 6.07 Å². The van der Waals surface area contributed by atoms with Crippen molar-refractivity contribution in [3.05, 3.63) is 23.8 Å². The van der Waals surface area contributed by atoms with Crippen molar-refractivity contribution in [3.8, 4) is 11.5 Å². The number of ether oxygens (including phenoxy) is 2. The van der Waals surface area contributed by atoms with Crippen molar-refractivity contribution in [3.63, 3.8) is 0 Å². The summed E-state index contributed by atoms with van der Waals surface area (Å²) in [5.74, 6) is 1.44. The summed E-state index contributed by atoms with van der Waals surface area (Å²) < 4.78 is 11.3. The van der Waals surface area contributed by atoms with E-state index in [1.807, 2.05) is 18.2 Å². The third-order valence-electron chi connectivity index (χ3n) is 3.31. The number of aliphatic hydroxyl groups excluding tert-OH is 1. The van der Waals surface area contributed by atoms with E-state index < -0.39 is 6.10 Å². The average molecular weight is 251 g/mol. The normalized spacial score (nSPS) is 21.9. The highest BCUT2D eigenvalue weighted by atomic mass is 16.5. The lowest BCUT2D eigenvalue weighted by Gasteiger charge is -2.17. The summed E-state index contributed by atoms with van der Waals surface area (Å²) in [5, 5.41) is 9.55. The molecule has 0 amide bonds. The van der Waals surface area contributed by atoms with Crippen molar-refractivity contribution in [1.29, 1.82) is 0 Å². The second-order valence-corrected chi connectivity index (χ2v) is 4.88. The maximum atomic E-state index is 9.55.